The summed E-state index contributed by atoms with van der Waals surface area (Å²) in [5, 5.41) is 3.57. The maximum Gasteiger partial charge on any atom is 0.142 e. The molecule has 4 heteroatoms. The SMILES string of the molecule is CCNC(Cc1cccc(F)c1Cl)c1cccc(C)n1. The summed E-state index contributed by atoms with van der Waals surface area (Å²) in [6, 6.07) is 10.9. The average Bonchev–Trinajstić information content (AvgIpc) is 2.43. The lowest BCUT2D eigenvalue weighted by molar-refractivity contribution is 0.533. The number of rotatable bonds is 5. The number of hydrogen-bond acceptors (Lipinski definition) is 2. The number of aromatic nitrogens is 1. The lowest BCUT2D eigenvalue weighted by Crippen LogP contribution is -2.24. The zero-order valence-electron chi connectivity index (χ0n) is 11.7. The van der Waals surface area contributed by atoms with E-state index < -0.39 is 0 Å². The van der Waals surface area contributed by atoms with Gasteiger partial charge in [-0.05, 0) is 43.7 Å². The Balaban J connectivity index is 2.28. The van der Waals surface area contributed by atoms with Gasteiger partial charge in [-0.2, -0.15) is 0 Å². The van der Waals surface area contributed by atoms with Gasteiger partial charge in [0.05, 0.1) is 16.8 Å². The van der Waals surface area contributed by atoms with Crippen LogP contribution in [0.1, 0.15) is 29.9 Å². The topological polar surface area (TPSA) is 24.9 Å². The minimum absolute atomic E-state index is 0.0270. The van der Waals surface area contributed by atoms with Crippen LogP contribution in [0.25, 0.3) is 0 Å². The number of halogens is 2. The molecule has 2 nitrogen and oxygen atoms in total. The summed E-state index contributed by atoms with van der Waals surface area (Å²) >= 11 is 6.03. The lowest BCUT2D eigenvalue weighted by Gasteiger charge is -2.18. The van der Waals surface area contributed by atoms with Crippen LogP contribution in [0, 0.1) is 12.7 Å². The Morgan fingerprint density at radius 3 is 2.70 bits per heavy atom. The molecule has 0 saturated heterocycles. The summed E-state index contributed by atoms with van der Waals surface area (Å²) in [4.78, 5) is 4.54. The number of pyridine rings is 1. The van der Waals surface area contributed by atoms with Gasteiger partial charge >= 0.3 is 0 Å². The molecule has 0 aliphatic carbocycles. The van der Waals surface area contributed by atoms with Gasteiger partial charge in [0.15, 0.2) is 0 Å². The molecule has 106 valence electrons. The first-order chi connectivity index (χ1) is 9.61. The van der Waals surface area contributed by atoms with Crippen LogP contribution >= 0.6 is 11.6 Å². The third-order valence-corrected chi connectivity index (χ3v) is 3.60. The zero-order valence-corrected chi connectivity index (χ0v) is 12.4. The van der Waals surface area contributed by atoms with E-state index in [0.717, 1.165) is 23.5 Å². The van der Waals surface area contributed by atoms with Gasteiger partial charge in [-0.1, -0.05) is 36.7 Å². The minimum Gasteiger partial charge on any atom is -0.309 e. The number of benzene rings is 1. The Labute approximate surface area is 124 Å². The molecule has 20 heavy (non-hydrogen) atoms. The highest BCUT2D eigenvalue weighted by Crippen LogP contribution is 2.25. The first-order valence-corrected chi connectivity index (χ1v) is 7.09. The maximum absolute atomic E-state index is 13.5. The second-order valence-corrected chi connectivity index (χ2v) is 5.11. The third-order valence-electron chi connectivity index (χ3n) is 3.17. The molecule has 1 N–H and O–H groups in total. The van der Waals surface area contributed by atoms with Gasteiger partial charge in [0.25, 0.3) is 0 Å². The smallest absolute Gasteiger partial charge is 0.142 e. The van der Waals surface area contributed by atoms with E-state index in [-0.39, 0.29) is 16.9 Å². The molecule has 1 atom stereocenters. The summed E-state index contributed by atoms with van der Waals surface area (Å²) in [5.41, 5.74) is 2.71. The second-order valence-electron chi connectivity index (χ2n) is 4.73. The van der Waals surface area contributed by atoms with E-state index in [9.17, 15) is 4.39 Å². The van der Waals surface area contributed by atoms with Gasteiger partial charge in [0, 0.05) is 5.69 Å². The number of aryl methyl sites for hydroxylation is 1. The summed E-state index contributed by atoms with van der Waals surface area (Å²) < 4.78 is 13.5. The normalized spacial score (nSPS) is 12.4. The van der Waals surface area contributed by atoms with Crippen LogP contribution in [0.3, 0.4) is 0 Å². The van der Waals surface area contributed by atoms with Crippen molar-refractivity contribution in [2.75, 3.05) is 6.54 Å². The van der Waals surface area contributed by atoms with Crippen molar-refractivity contribution < 1.29 is 4.39 Å². The van der Waals surface area contributed by atoms with Crippen LogP contribution in [0.15, 0.2) is 36.4 Å². The van der Waals surface area contributed by atoms with E-state index in [1.165, 1.54) is 6.07 Å². The fourth-order valence-corrected chi connectivity index (χ4v) is 2.42. The van der Waals surface area contributed by atoms with Gasteiger partial charge in [0.2, 0.25) is 0 Å². The Morgan fingerprint density at radius 1 is 1.25 bits per heavy atom. The Kier molecular flexibility index (Phi) is 5.10. The molecule has 0 spiro atoms. The third kappa shape index (κ3) is 3.56. The van der Waals surface area contributed by atoms with Crippen molar-refractivity contribution in [3.63, 3.8) is 0 Å². The highest BCUT2D eigenvalue weighted by molar-refractivity contribution is 6.31. The van der Waals surface area contributed by atoms with Crippen LogP contribution < -0.4 is 5.32 Å². The van der Waals surface area contributed by atoms with Crippen LogP contribution in [0.2, 0.25) is 5.02 Å². The molecule has 2 aromatic rings. The summed E-state index contributed by atoms with van der Waals surface area (Å²) in [5.74, 6) is -0.378. The van der Waals surface area contributed by atoms with Crippen LogP contribution in [0.5, 0.6) is 0 Å². The standard InChI is InChI=1S/C16H18ClFN2/c1-3-19-15(14-9-4-6-11(2)20-14)10-12-7-5-8-13(18)16(12)17/h4-9,15,19H,3,10H2,1-2H3. The summed E-state index contributed by atoms with van der Waals surface area (Å²) in [6.45, 7) is 4.81. The summed E-state index contributed by atoms with van der Waals surface area (Å²) in [6.07, 6.45) is 0.612. The van der Waals surface area contributed by atoms with Gasteiger partial charge in [-0.3, -0.25) is 4.98 Å². The molecule has 0 bridgehead atoms. The monoisotopic (exact) mass is 292 g/mol. The van der Waals surface area contributed by atoms with Gasteiger partial charge in [-0.25, -0.2) is 4.39 Å². The van der Waals surface area contributed by atoms with Crippen LogP contribution in [0.4, 0.5) is 4.39 Å². The molecule has 1 aromatic carbocycles. The molecular formula is C16H18ClFN2. The van der Waals surface area contributed by atoms with Crippen molar-refractivity contribution in [2.24, 2.45) is 0 Å². The van der Waals surface area contributed by atoms with E-state index >= 15 is 0 Å². The Hall–Kier alpha value is -1.45. The first kappa shape index (κ1) is 14.9. The number of nitrogens with one attached hydrogen (secondary N) is 1. The van der Waals surface area contributed by atoms with Gasteiger partial charge < -0.3 is 5.32 Å². The van der Waals surface area contributed by atoms with Crippen molar-refractivity contribution in [1.82, 2.24) is 10.3 Å². The van der Waals surface area contributed by atoms with Gasteiger partial charge in [0.1, 0.15) is 5.82 Å². The highest BCUT2D eigenvalue weighted by Gasteiger charge is 2.15. The largest absolute Gasteiger partial charge is 0.309 e. The molecule has 0 amide bonds. The van der Waals surface area contributed by atoms with E-state index in [1.807, 2.05) is 38.1 Å². The molecule has 0 saturated carbocycles. The quantitative estimate of drug-likeness (QED) is 0.898. The van der Waals surface area contributed by atoms with E-state index in [2.05, 4.69) is 10.3 Å². The highest BCUT2D eigenvalue weighted by atomic mass is 35.5. The van der Waals surface area contributed by atoms with Crippen molar-refractivity contribution in [2.45, 2.75) is 26.3 Å². The molecule has 1 heterocycles. The van der Waals surface area contributed by atoms with Gasteiger partial charge in [-0.15, -0.1) is 0 Å². The van der Waals surface area contributed by atoms with E-state index in [4.69, 9.17) is 11.6 Å². The van der Waals surface area contributed by atoms with E-state index in [1.54, 1.807) is 6.07 Å². The Bertz CT molecular complexity index is 586. The second kappa shape index (κ2) is 6.82. The van der Waals surface area contributed by atoms with E-state index in [0.29, 0.717) is 6.42 Å². The van der Waals surface area contributed by atoms with Crippen molar-refractivity contribution in [1.29, 1.82) is 0 Å². The van der Waals surface area contributed by atoms with Crippen molar-refractivity contribution >= 4 is 11.6 Å². The Morgan fingerprint density at radius 2 is 2.00 bits per heavy atom. The lowest BCUT2D eigenvalue weighted by atomic mass is 10.0. The summed E-state index contributed by atoms with van der Waals surface area (Å²) in [7, 11) is 0. The predicted octanol–water partition coefficient (Wildman–Crippen LogP) is 4.08. The van der Waals surface area contributed by atoms with Crippen LogP contribution in [-0.2, 0) is 6.42 Å². The number of nitrogens with zero attached hydrogens (tertiary/aromatic N) is 1. The maximum atomic E-state index is 13.5. The fourth-order valence-electron chi connectivity index (χ4n) is 2.21. The molecule has 0 radical (unpaired) electrons. The molecule has 0 aliphatic rings. The van der Waals surface area contributed by atoms with Crippen molar-refractivity contribution in [3.8, 4) is 0 Å². The predicted molar refractivity (Wildman–Crippen MR) is 80.5 cm³/mol. The molecule has 2 rings (SSSR count). The molecule has 1 aromatic heterocycles. The number of hydrogen-bond donors (Lipinski definition) is 1. The molecule has 1 unspecified atom stereocenters. The number of likely N-dealkylation sites (N-methyl/N-ethyl adjacent to an activating group) is 1. The van der Waals surface area contributed by atoms with Crippen LogP contribution in [-0.4, -0.2) is 11.5 Å². The molecule has 0 fully saturated rings. The molecule has 0 aliphatic heterocycles. The molecular weight excluding hydrogens is 275 g/mol. The minimum atomic E-state index is -0.378. The average molecular weight is 293 g/mol. The van der Waals surface area contributed by atoms with Crippen molar-refractivity contribution in [3.05, 3.63) is 64.2 Å². The first-order valence-electron chi connectivity index (χ1n) is 6.71. The fraction of sp³-hybridized carbons (Fsp3) is 0.312. The zero-order chi connectivity index (χ0) is 14.5.